The van der Waals surface area contributed by atoms with Crippen LogP contribution in [0.25, 0.3) is 0 Å². The van der Waals surface area contributed by atoms with Gasteiger partial charge in [-0.2, -0.15) is 8.42 Å². The summed E-state index contributed by atoms with van der Waals surface area (Å²) in [6, 6.07) is 0. The molecule has 12 nitrogen and oxygen atoms in total. The summed E-state index contributed by atoms with van der Waals surface area (Å²) in [7, 11) is -5.08. The maximum atomic E-state index is 12.9. The lowest BCUT2D eigenvalue weighted by Gasteiger charge is -2.41. The van der Waals surface area contributed by atoms with Gasteiger partial charge in [-0.3, -0.25) is 9.35 Å². The van der Waals surface area contributed by atoms with Gasteiger partial charge in [0.1, 0.15) is 30.5 Å². The first-order chi connectivity index (χ1) is 33.1. The molecular weight excluding hydrogens is 885 g/mol. The number of hydrogen-bond acceptors (Lipinski definition) is 11. The second-order valence-electron chi connectivity index (χ2n) is 16.6. The molecule has 0 spiro atoms. The summed E-state index contributed by atoms with van der Waals surface area (Å²) in [6.07, 6.45) is 55.1. The number of rotatable bonds is 42. The van der Waals surface area contributed by atoms with Crippen molar-refractivity contribution < 1.29 is 56.2 Å². The van der Waals surface area contributed by atoms with E-state index in [4.69, 9.17) is 18.9 Å². The predicted octanol–water partition coefficient (Wildman–Crippen LogP) is 11.7. The molecule has 0 aromatic heterocycles. The maximum absolute atomic E-state index is 12.9. The monoisotopic (exact) mass is 973 g/mol. The van der Waals surface area contributed by atoms with Crippen molar-refractivity contribution in [3.8, 4) is 0 Å². The van der Waals surface area contributed by atoms with Crippen molar-refractivity contribution in [2.45, 2.75) is 192 Å². The highest BCUT2D eigenvalue weighted by molar-refractivity contribution is 7.80. The zero-order valence-corrected chi connectivity index (χ0v) is 42.2. The van der Waals surface area contributed by atoms with Crippen LogP contribution in [0.5, 0.6) is 0 Å². The van der Waals surface area contributed by atoms with Gasteiger partial charge in [0.05, 0.1) is 19.8 Å². The summed E-state index contributed by atoms with van der Waals surface area (Å²) >= 11 is 0. The second kappa shape index (κ2) is 44.7. The minimum absolute atomic E-state index is 0.00709. The van der Waals surface area contributed by atoms with Crippen molar-refractivity contribution in [3.63, 3.8) is 0 Å². The Labute approximate surface area is 410 Å². The van der Waals surface area contributed by atoms with Crippen molar-refractivity contribution in [2.24, 2.45) is 0 Å². The van der Waals surface area contributed by atoms with Crippen LogP contribution in [0.4, 0.5) is 0 Å². The van der Waals surface area contributed by atoms with Crippen LogP contribution in [0.2, 0.25) is 0 Å². The summed E-state index contributed by atoms with van der Waals surface area (Å²) in [5.74, 6) is -0.431. The van der Waals surface area contributed by atoms with Crippen molar-refractivity contribution in [2.75, 3.05) is 26.4 Å². The Hall–Kier alpha value is -3.50. The van der Waals surface area contributed by atoms with E-state index in [1.807, 2.05) is 0 Å². The number of aliphatic hydroxyl groups is 3. The Morgan fingerprint density at radius 1 is 0.559 bits per heavy atom. The van der Waals surface area contributed by atoms with Gasteiger partial charge >= 0.3 is 16.4 Å². The molecule has 1 saturated heterocycles. The standard InChI is InChI=1S/C55H88O12S/c1-3-5-7-9-11-13-15-17-19-21-23-24-25-26-27-28-30-32-34-36-38-40-42-44-51(57)65-49(48-64-55-53(59)54(67-68(60,61)62)52(58)50(46-56)66-55)47-63-45-43-41-39-37-35-33-31-29-22-20-18-16-14-12-10-8-6-4-2/h5-8,11-14,17-20,23-24,26-27,29,31,35,37,49-50,52-56,58-59H,3-4,9-10,15-16,21-22,25,28,30,32-34,36,38-48H2,1-2H3,(H,60,61,62)/b7-5-,8-6-,13-11-,14-12-,19-17-,20-18-,24-23-,27-26-,31-29-,37-35-. The fraction of sp³-hybridized carbons (Fsp3) is 0.618. The van der Waals surface area contributed by atoms with Gasteiger partial charge in [0.15, 0.2) is 6.29 Å². The molecule has 0 aromatic carbocycles. The van der Waals surface area contributed by atoms with Gasteiger partial charge in [-0.1, -0.05) is 167 Å². The third-order valence-corrected chi connectivity index (χ3v) is 11.0. The molecule has 0 aliphatic carbocycles. The first-order valence-corrected chi connectivity index (χ1v) is 26.7. The second-order valence-corrected chi connectivity index (χ2v) is 17.7. The van der Waals surface area contributed by atoms with Crippen molar-refractivity contribution in [1.82, 2.24) is 0 Å². The molecule has 6 atom stereocenters. The van der Waals surface area contributed by atoms with E-state index < -0.39 is 59.8 Å². The number of hydrogen-bond donors (Lipinski definition) is 4. The highest BCUT2D eigenvalue weighted by atomic mass is 32.3. The number of unbranched alkanes of at least 4 members (excludes halogenated alkanes) is 9. The van der Waals surface area contributed by atoms with Gasteiger partial charge < -0.3 is 34.3 Å². The molecule has 0 amide bonds. The first-order valence-electron chi connectivity index (χ1n) is 25.3. The third-order valence-electron chi connectivity index (χ3n) is 10.6. The van der Waals surface area contributed by atoms with Crippen molar-refractivity contribution in [1.29, 1.82) is 0 Å². The van der Waals surface area contributed by atoms with E-state index >= 15 is 0 Å². The van der Waals surface area contributed by atoms with Crippen LogP contribution in [0, 0.1) is 0 Å². The van der Waals surface area contributed by atoms with Crippen molar-refractivity contribution >= 4 is 16.4 Å². The molecule has 386 valence electrons. The fourth-order valence-corrected chi connectivity index (χ4v) is 7.35. The highest BCUT2D eigenvalue weighted by Crippen LogP contribution is 2.26. The van der Waals surface area contributed by atoms with Crippen LogP contribution in [0.3, 0.4) is 0 Å². The van der Waals surface area contributed by atoms with Gasteiger partial charge in [0.2, 0.25) is 0 Å². The molecule has 1 heterocycles. The van der Waals surface area contributed by atoms with E-state index in [-0.39, 0.29) is 19.6 Å². The van der Waals surface area contributed by atoms with Crippen molar-refractivity contribution in [3.05, 3.63) is 122 Å². The Morgan fingerprint density at radius 2 is 0.971 bits per heavy atom. The van der Waals surface area contributed by atoms with E-state index in [0.29, 0.717) is 13.0 Å². The van der Waals surface area contributed by atoms with Gasteiger partial charge in [0.25, 0.3) is 0 Å². The molecule has 0 radical (unpaired) electrons. The van der Waals surface area contributed by atoms with E-state index in [2.05, 4.69) is 140 Å². The summed E-state index contributed by atoms with van der Waals surface area (Å²) < 4.78 is 59.2. The largest absolute Gasteiger partial charge is 0.457 e. The zero-order chi connectivity index (χ0) is 49.6. The zero-order valence-electron chi connectivity index (χ0n) is 41.4. The summed E-state index contributed by atoms with van der Waals surface area (Å²) in [6.45, 7) is 3.62. The van der Waals surface area contributed by atoms with E-state index in [1.54, 1.807) is 0 Å². The molecule has 1 fully saturated rings. The number of allylic oxidation sites excluding steroid dienone is 20. The molecule has 1 aliphatic rings. The molecule has 0 saturated carbocycles. The Balaban J connectivity index is 2.42. The quantitative estimate of drug-likeness (QED) is 0.0197. The Kier molecular flexibility index (Phi) is 41.1. The van der Waals surface area contributed by atoms with Crippen LogP contribution in [-0.2, 0) is 38.3 Å². The van der Waals surface area contributed by atoms with Gasteiger partial charge in [-0.05, 0) is 103 Å². The van der Waals surface area contributed by atoms with Crippen LogP contribution in [-0.4, -0.2) is 97.5 Å². The van der Waals surface area contributed by atoms with Gasteiger partial charge in [0, 0.05) is 13.0 Å². The first kappa shape index (κ1) is 62.5. The topological polar surface area (TPSA) is 178 Å². The molecule has 68 heavy (non-hydrogen) atoms. The lowest BCUT2D eigenvalue weighted by atomic mass is 9.99. The fourth-order valence-electron chi connectivity index (χ4n) is 6.84. The molecular formula is C55H88O12S. The average Bonchev–Trinajstić information content (AvgIpc) is 3.31. The lowest BCUT2D eigenvalue weighted by Crippen LogP contribution is -2.60. The normalized spacial score (nSPS) is 20.4. The molecule has 0 bridgehead atoms. The molecule has 1 aliphatic heterocycles. The van der Waals surface area contributed by atoms with Crippen LogP contribution >= 0.6 is 0 Å². The number of carbonyl (C=O) groups excluding carboxylic acids is 1. The highest BCUT2D eigenvalue weighted by Gasteiger charge is 2.48. The smallest absolute Gasteiger partial charge is 0.397 e. The van der Waals surface area contributed by atoms with Crippen LogP contribution in [0.1, 0.15) is 155 Å². The van der Waals surface area contributed by atoms with Gasteiger partial charge in [-0.25, -0.2) is 4.18 Å². The Bertz CT molecular complexity index is 1640. The third kappa shape index (κ3) is 37.4. The summed E-state index contributed by atoms with van der Waals surface area (Å²) in [4.78, 5) is 12.9. The molecule has 4 N–H and O–H groups in total. The van der Waals surface area contributed by atoms with Gasteiger partial charge in [-0.15, -0.1) is 0 Å². The van der Waals surface area contributed by atoms with E-state index in [9.17, 15) is 33.1 Å². The van der Waals surface area contributed by atoms with Crippen LogP contribution in [0.15, 0.2) is 122 Å². The molecule has 6 unspecified atom stereocenters. The van der Waals surface area contributed by atoms with E-state index in [1.165, 1.54) is 6.42 Å². The molecule has 1 rings (SSSR count). The minimum Gasteiger partial charge on any atom is -0.457 e. The maximum Gasteiger partial charge on any atom is 0.397 e. The number of carbonyl (C=O) groups is 1. The Morgan fingerprint density at radius 3 is 1.41 bits per heavy atom. The van der Waals surface area contributed by atoms with Crippen LogP contribution < -0.4 is 0 Å². The number of ether oxygens (including phenoxy) is 4. The summed E-state index contributed by atoms with van der Waals surface area (Å²) in [5, 5.41) is 30.8. The SMILES string of the molecule is CC/C=C\C/C=C\C/C=C\C/C=C\C/C=C\CCCCCCCCCC(=O)OC(COCCCC/C=C\C/C=C\C/C=C\C/C=C\C/C=C\CC)COC1OC(CO)C(O)C(OS(=O)(=O)O)C1O. The molecule has 0 aromatic rings. The van der Waals surface area contributed by atoms with E-state index in [0.717, 1.165) is 122 Å². The number of aliphatic hydroxyl groups excluding tert-OH is 3. The lowest BCUT2D eigenvalue weighted by molar-refractivity contribution is -0.301. The molecule has 13 heteroatoms. The average molecular weight is 973 g/mol. The minimum atomic E-state index is -5.08. The summed E-state index contributed by atoms with van der Waals surface area (Å²) in [5.41, 5.74) is 0. The number of esters is 1. The predicted molar refractivity (Wildman–Crippen MR) is 275 cm³/mol.